The van der Waals surface area contributed by atoms with E-state index in [0.717, 1.165) is 12.5 Å². The van der Waals surface area contributed by atoms with Gasteiger partial charge in [0.05, 0.1) is 12.2 Å². The van der Waals surface area contributed by atoms with Crippen LogP contribution in [0.3, 0.4) is 0 Å². The number of carbonyl (C=O) groups is 1. The Morgan fingerprint density at radius 3 is 2.26 bits per heavy atom. The monoisotopic (exact) mass is 320 g/mol. The molecule has 0 aromatic rings. The minimum Gasteiger partial charge on any atom is -0.478 e. The number of allylic oxidation sites excluding steroid dienone is 5. The molecule has 1 aliphatic heterocycles. The number of unbranched alkanes of at least 4 members (excludes halogenated alkanes) is 6. The van der Waals surface area contributed by atoms with Crippen LogP contribution < -0.4 is 0 Å². The minimum atomic E-state index is -0.914. The summed E-state index contributed by atoms with van der Waals surface area (Å²) in [6.07, 6.45) is 24.1. The van der Waals surface area contributed by atoms with Crippen LogP contribution in [0.15, 0.2) is 36.5 Å². The molecule has 1 rings (SSSR count). The Hall–Kier alpha value is -1.35. The third kappa shape index (κ3) is 11.8. The molecule has 0 bridgehead atoms. The number of carboxylic acids is 1. The lowest BCUT2D eigenvalue weighted by Crippen LogP contribution is -1.94. The highest BCUT2D eigenvalue weighted by Gasteiger charge is 2.36. The molecule has 1 saturated heterocycles. The summed E-state index contributed by atoms with van der Waals surface area (Å²) in [7, 11) is 0. The Labute approximate surface area is 141 Å². The summed E-state index contributed by atoms with van der Waals surface area (Å²) in [6.45, 7) is 2.24. The predicted molar refractivity (Wildman–Crippen MR) is 95.6 cm³/mol. The van der Waals surface area contributed by atoms with Crippen LogP contribution in [0.2, 0.25) is 0 Å². The van der Waals surface area contributed by atoms with Gasteiger partial charge in [-0.05, 0) is 25.7 Å². The fourth-order valence-electron chi connectivity index (χ4n) is 2.68. The Bertz CT molecular complexity index is 396. The summed E-state index contributed by atoms with van der Waals surface area (Å²) in [5.74, 6) is -0.914. The van der Waals surface area contributed by atoms with Crippen LogP contribution in [0, 0.1) is 0 Å². The van der Waals surface area contributed by atoms with Crippen LogP contribution in [0.4, 0.5) is 0 Å². The van der Waals surface area contributed by atoms with Crippen molar-refractivity contribution in [1.82, 2.24) is 0 Å². The number of ether oxygens (including phenoxy) is 1. The Kier molecular flexibility index (Phi) is 11.2. The van der Waals surface area contributed by atoms with Crippen molar-refractivity contribution in [3.63, 3.8) is 0 Å². The Balaban J connectivity index is 1.84. The second-order valence-corrected chi connectivity index (χ2v) is 6.21. The van der Waals surface area contributed by atoms with Gasteiger partial charge in [0.2, 0.25) is 0 Å². The third-order valence-electron chi connectivity index (χ3n) is 4.10. The van der Waals surface area contributed by atoms with E-state index in [-0.39, 0.29) is 0 Å². The molecule has 0 spiro atoms. The molecule has 1 N–H and O–H groups in total. The molecule has 130 valence electrons. The molecule has 1 aliphatic rings. The summed E-state index contributed by atoms with van der Waals surface area (Å²) in [5.41, 5.74) is 0. The van der Waals surface area contributed by atoms with Gasteiger partial charge in [-0.25, -0.2) is 4.79 Å². The van der Waals surface area contributed by atoms with Crippen LogP contribution in [0.25, 0.3) is 0 Å². The van der Waals surface area contributed by atoms with Gasteiger partial charge < -0.3 is 9.84 Å². The molecule has 23 heavy (non-hydrogen) atoms. The molecular formula is C20H32O3. The Morgan fingerprint density at radius 2 is 1.57 bits per heavy atom. The van der Waals surface area contributed by atoms with Crippen LogP contribution in [-0.2, 0) is 9.53 Å². The van der Waals surface area contributed by atoms with E-state index in [1.54, 1.807) is 6.08 Å². The second kappa shape index (κ2) is 13.1. The molecule has 0 aromatic heterocycles. The molecule has 3 nitrogen and oxygen atoms in total. The summed E-state index contributed by atoms with van der Waals surface area (Å²) in [4.78, 5) is 10.2. The van der Waals surface area contributed by atoms with Crippen LogP contribution >= 0.6 is 0 Å². The average Bonchev–Trinajstić information content (AvgIpc) is 3.27. The molecule has 2 atom stereocenters. The fraction of sp³-hybridized carbons (Fsp3) is 0.650. The first-order valence-electron chi connectivity index (χ1n) is 9.12. The van der Waals surface area contributed by atoms with Gasteiger partial charge in [0.15, 0.2) is 0 Å². The average molecular weight is 320 g/mol. The molecule has 0 saturated carbocycles. The zero-order valence-corrected chi connectivity index (χ0v) is 14.5. The number of aliphatic carboxylic acids is 1. The molecule has 3 heteroatoms. The van der Waals surface area contributed by atoms with Gasteiger partial charge in [0, 0.05) is 6.08 Å². The maximum atomic E-state index is 10.2. The fourth-order valence-corrected chi connectivity index (χ4v) is 2.68. The molecular weight excluding hydrogens is 288 g/mol. The quantitative estimate of drug-likeness (QED) is 0.201. The molecule has 0 amide bonds. The van der Waals surface area contributed by atoms with Gasteiger partial charge in [-0.3, -0.25) is 0 Å². The van der Waals surface area contributed by atoms with Crippen molar-refractivity contribution >= 4 is 5.97 Å². The second-order valence-electron chi connectivity index (χ2n) is 6.21. The summed E-state index contributed by atoms with van der Waals surface area (Å²) < 4.78 is 5.71. The van der Waals surface area contributed by atoms with Gasteiger partial charge in [0.1, 0.15) is 0 Å². The zero-order chi connectivity index (χ0) is 16.8. The van der Waals surface area contributed by atoms with E-state index < -0.39 is 5.97 Å². The van der Waals surface area contributed by atoms with E-state index in [1.165, 1.54) is 63.9 Å². The van der Waals surface area contributed by atoms with Crippen molar-refractivity contribution in [2.24, 2.45) is 0 Å². The number of hydrogen-bond acceptors (Lipinski definition) is 2. The number of epoxide rings is 1. The first-order valence-corrected chi connectivity index (χ1v) is 9.12. The third-order valence-corrected chi connectivity index (χ3v) is 4.10. The van der Waals surface area contributed by atoms with Crippen molar-refractivity contribution < 1.29 is 14.6 Å². The maximum absolute atomic E-state index is 10.2. The normalized spacial score (nSPS) is 20.9. The summed E-state index contributed by atoms with van der Waals surface area (Å²) in [6, 6.07) is 0. The minimum absolute atomic E-state index is 0.566. The van der Waals surface area contributed by atoms with E-state index in [0.29, 0.717) is 12.2 Å². The van der Waals surface area contributed by atoms with Crippen LogP contribution in [0.5, 0.6) is 0 Å². The van der Waals surface area contributed by atoms with Crippen molar-refractivity contribution in [3.8, 4) is 0 Å². The summed E-state index contributed by atoms with van der Waals surface area (Å²) in [5, 5.41) is 8.41. The van der Waals surface area contributed by atoms with Gasteiger partial charge >= 0.3 is 5.97 Å². The van der Waals surface area contributed by atoms with Gasteiger partial charge in [0.25, 0.3) is 0 Å². The molecule has 0 aromatic carbocycles. The first-order chi connectivity index (χ1) is 11.2. The van der Waals surface area contributed by atoms with Crippen molar-refractivity contribution in [2.45, 2.75) is 83.3 Å². The number of carboxylic acid groups (broad SMARTS) is 1. The first kappa shape index (κ1) is 19.7. The molecule has 0 radical (unpaired) electrons. The maximum Gasteiger partial charge on any atom is 0.328 e. The largest absolute Gasteiger partial charge is 0.478 e. The highest BCUT2D eigenvalue weighted by atomic mass is 16.6. The molecule has 1 fully saturated rings. The lowest BCUT2D eigenvalue weighted by molar-refractivity contribution is -0.131. The number of rotatable bonds is 14. The van der Waals surface area contributed by atoms with Gasteiger partial charge in [-0.15, -0.1) is 0 Å². The predicted octanol–water partition coefficient (Wildman–Crippen LogP) is 5.43. The van der Waals surface area contributed by atoms with Gasteiger partial charge in [-0.2, -0.15) is 0 Å². The molecule has 1 heterocycles. The smallest absolute Gasteiger partial charge is 0.328 e. The van der Waals surface area contributed by atoms with E-state index in [4.69, 9.17) is 9.84 Å². The van der Waals surface area contributed by atoms with Crippen molar-refractivity contribution in [1.29, 1.82) is 0 Å². The standard InChI is InChI=1S/C20H32O3/c1-2-3-12-15-18-19(23-18)16-13-10-8-6-4-5-7-9-11-14-17-20(21)22/h5,7,9,11,14,17-19H,2-4,6,8,10,12-13,15-16H2,1H3,(H,21,22)/b7-5?,11-9+,17-14-. The molecule has 0 aliphatic carbocycles. The van der Waals surface area contributed by atoms with E-state index in [2.05, 4.69) is 13.0 Å². The van der Waals surface area contributed by atoms with Crippen LogP contribution in [-0.4, -0.2) is 23.3 Å². The highest BCUT2D eigenvalue weighted by molar-refractivity contribution is 5.80. The number of hydrogen-bond donors (Lipinski definition) is 1. The van der Waals surface area contributed by atoms with E-state index in [9.17, 15) is 4.79 Å². The lowest BCUT2D eigenvalue weighted by atomic mass is 10.1. The SMILES string of the molecule is CCCCCC1OC1CCCCCCC=C/C=C/C=C\C(=O)O. The Morgan fingerprint density at radius 1 is 0.913 bits per heavy atom. The lowest BCUT2D eigenvalue weighted by Gasteiger charge is -1.98. The van der Waals surface area contributed by atoms with Crippen molar-refractivity contribution in [2.75, 3.05) is 0 Å². The zero-order valence-electron chi connectivity index (χ0n) is 14.5. The topological polar surface area (TPSA) is 49.8 Å². The van der Waals surface area contributed by atoms with Crippen LogP contribution in [0.1, 0.15) is 71.1 Å². The van der Waals surface area contributed by atoms with Crippen molar-refractivity contribution in [3.05, 3.63) is 36.5 Å². The van der Waals surface area contributed by atoms with Gasteiger partial charge in [-0.1, -0.05) is 75.8 Å². The van der Waals surface area contributed by atoms with E-state index >= 15 is 0 Å². The highest BCUT2D eigenvalue weighted by Crippen LogP contribution is 2.31. The molecule has 2 unspecified atom stereocenters. The summed E-state index contributed by atoms with van der Waals surface area (Å²) >= 11 is 0. The van der Waals surface area contributed by atoms with E-state index in [1.807, 2.05) is 12.2 Å².